The van der Waals surface area contributed by atoms with Crippen molar-refractivity contribution in [2.75, 3.05) is 26.7 Å². The van der Waals surface area contributed by atoms with Crippen molar-refractivity contribution in [2.24, 2.45) is 23.7 Å². The number of nitrogens with one attached hydrogen (secondary N) is 3. The molecule has 2 aromatic carbocycles. The molecule has 9 atom stereocenters. The van der Waals surface area contributed by atoms with Gasteiger partial charge in [0.2, 0.25) is 0 Å². The molecule has 3 N–H and O–H groups in total. The van der Waals surface area contributed by atoms with Crippen molar-refractivity contribution >= 4 is 27.8 Å². The van der Waals surface area contributed by atoms with Gasteiger partial charge in [-0.2, -0.15) is 0 Å². The second-order valence-electron chi connectivity index (χ2n) is 14.7. The highest BCUT2D eigenvalue weighted by Gasteiger charge is 2.49. The highest BCUT2D eigenvalue weighted by Crippen LogP contribution is 2.52. The fraction of sp³-hybridized carbons (Fsp3) is 0.513. The number of benzene rings is 2. The number of para-hydroxylation sites is 1. The minimum Gasteiger partial charge on any atom is -0.469 e. The highest BCUT2D eigenvalue weighted by atomic mass is 16.5. The molecule has 6 heterocycles. The number of fused-ring (bicyclic) bond motifs is 9. The van der Waals surface area contributed by atoms with E-state index in [1.807, 2.05) is 0 Å². The molecule has 6 heteroatoms. The van der Waals surface area contributed by atoms with Crippen LogP contribution in [0.25, 0.3) is 21.8 Å². The average Bonchev–Trinajstić information content (AvgIpc) is 3.59. The lowest BCUT2D eigenvalue weighted by atomic mass is 9.65. The Morgan fingerprint density at radius 2 is 1.84 bits per heavy atom. The Labute approximate surface area is 266 Å². The van der Waals surface area contributed by atoms with E-state index in [1.54, 1.807) is 12.7 Å². The molecule has 1 saturated carbocycles. The Morgan fingerprint density at radius 3 is 2.69 bits per heavy atom. The number of H-pyrrole nitrogens is 2. The summed E-state index contributed by atoms with van der Waals surface area (Å²) >= 11 is 0. The lowest BCUT2D eigenvalue weighted by Gasteiger charge is -2.53. The first-order chi connectivity index (χ1) is 22.1. The van der Waals surface area contributed by atoms with Crippen molar-refractivity contribution in [1.82, 2.24) is 20.2 Å². The number of aromatic nitrogens is 2. The first-order valence-corrected chi connectivity index (χ1v) is 17.5. The lowest BCUT2D eigenvalue weighted by molar-refractivity contribution is -0.149. The second kappa shape index (κ2) is 10.6. The number of esters is 1. The highest BCUT2D eigenvalue weighted by molar-refractivity contribution is 5.88. The average molecular weight is 603 g/mol. The van der Waals surface area contributed by atoms with E-state index >= 15 is 0 Å². The van der Waals surface area contributed by atoms with Crippen molar-refractivity contribution in [3.8, 4) is 0 Å². The molecule has 10 rings (SSSR count). The van der Waals surface area contributed by atoms with Gasteiger partial charge in [-0.15, -0.1) is 0 Å². The number of aromatic amines is 2. The lowest BCUT2D eigenvalue weighted by Crippen LogP contribution is -2.56. The van der Waals surface area contributed by atoms with Crippen molar-refractivity contribution in [1.29, 1.82) is 0 Å². The first-order valence-electron chi connectivity index (χ1n) is 17.5. The van der Waals surface area contributed by atoms with Crippen LogP contribution in [-0.2, 0) is 22.4 Å². The molecule has 3 saturated heterocycles. The summed E-state index contributed by atoms with van der Waals surface area (Å²) in [7, 11) is 1.55. The van der Waals surface area contributed by atoms with E-state index in [1.165, 1.54) is 82.2 Å². The zero-order valence-electron chi connectivity index (χ0n) is 26.9. The Balaban J connectivity index is 1.19. The molecule has 2 aromatic heterocycles. The predicted molar refractivity (Wildman–Crippen MR) is 180 cm³/mol. The normalized spacial score (nSPS) is 34.6. The summed E-state index contributed by atoms with van der Waals surface area (Å²) in [5, 5.41) is 6.42. The molecule has 6 aliphatic rings. The molecule has 234 valence electrons. The number of methoxy groups -OCH3 is 1. The van der Waals surface area contributed by atoms with E-state index in [0.29, 0.717) is 12.0 Å². The maximum absolute atomic E-state index is 13.5. The molecule has 0 radical (unpaired) electrons. The van der Waals surface area contributed by atoms with Crippen molar-refractivity contribution in [2.45, 2.75) is 76.3 Å². The third kappa shape index (κ3) is 4.17. The van der Waals surface area contributed by atoms with Crippen LogP contribution in [0.4, 0.5) is 0 Å². The Kier molecular flexibility index (Phi) is 6.58. The first kappa shape index (κ1) is 27.9. The fourth-order valence-corrected chi connectivity index (χ4v) is 10.9. The maximum Gasteiger partial charge on any atom is 0.310 e. The van der Waals surface area contributed by atoms with Gasteiger partial charge < -0.3 is 20.0 Å². The minimum atomic E-state index is -0.208. The second-order valence-corrected chi connectivity index (χ2v) is 14.7. The molecule has 0 amide bonds. The molecule has 0 spiro atoms. The Hall–Kier alpha value is -3.35. The quantitative estimate of drug-likeness (QED) is 0.178. The molecular weight excluding hydrogens is 556 g/mol. The molecule has 4 aromatic rings. The standard InChI is InChI=1S/C39H46N4O2/c1-4-22-14-21-15-31-36-27(12-13-43(20-21)38(22)31)26-11-10-24(16-33(26)42-36)29-17-28-23(5-2)19-40-34(35(28)39(44)45-3)18-30-25-8-6-7-9-32(25)41-37(29)30/h5-11,16,21-22,28-29,31,34-35,38,40-42H,4,12-15,17-20H2,1-3H3/b23-5-. The third-order valence-corrected chi connectivity index (χ3v) is 12.8. The number of carbonyl (C=O) groups excluding carboxylic acids is 1. The minimum absolute atomic E-state index is 0.0453. The van der Waals surface area contributed by atoms with Gasteiger partial charge in [0, 0.05) is 76.7 Å². The number of nitrogens with zero attached hydrogens (tertiary/aromatic N) is 1. The molecule has 9 unspecified atom stereocenters. The number of allylic oxidation sites excluding steroid dienone is 1. The topological polar surface area (TPSA) is 73.2 Å². The van der Waals surface area contributed by atoms with E-state index in [2.05, 4.69) is 82.6 Å². The third-order valence-electron chi connectivity index (χ3n) is 12.8. The molecule has 4 aliphatic heterocycles. The van der Waals surface area contributed by atoms with Gasteiger partial charge in [0.15, 0.2) is 0 Å². The van der Waals surface area contributed by atoms with Gasteiger partial charge in [-0.25, -0.2) is 0 Å². The Morgan fingerprint density at radius 1 is 1.00 bits per heavy atom. The van der Waals surface area contributed by atoms with Gasteiger partial charge in [-0.05, 0) is 85.6 Å². The van der Waals surface area contributed by atoms with E-state index in [4.69, 9.17) is 4.74 Å². The van der Waals surface area contributed by atoms with Crippen LogP contribution in [0.15, 0.2) is 54.1 Å². The van der Waals surface area contributed by atoms with E-state index in [0.717, 1.165) is 37.6 Å². The largest absolute Gasteiger partial charge is 0.469 e. The number of piperidine rings is 3. The maximum atomic E-state index is 13.5. The van der Waals surface area contributed by atoms with Crippen LogP contribution in [0.2, 0.25) is 0 Å². The van der Waals surface area contributed by atoms with Crippen LogP contribution in [0.5, 0.6) is 0 Å². The zero-order valence-corrected chi connectivity index (χ0v) is 26.9. The fourth-order valence-electron chi connectivity index (χ4n) is 10.9. The van der Waals surface area contributed by atoms with E-state index < -0.39 is 0 Å². The van der Waals surface area contributed by atoms with Crippen LogP contribution >= 0.6 is 0 Å². The molecular formula is C39H46N4O2. The summed E-state index contributed by atoms with van der Waals surface area (Å²) < 4.78 is 5.47. The van der Waals surface area contributed by atoms with Crippen molar-refractivity contribution in [3.63, 3.8) is 0 Å². The van der Waals surface area contributed by atoms with E-state index in [-0.39, 0.29) is 29.8 Å². The number of ether oxygens (including phenoxy) is 1. The van der Waals surface area contributed by atoms with Gasteiger partial charge in [-0.1, -0.05) is 55.3 Å². The van der Waals surface area contributed by atoms with Gasteiger partial charge in [0.05, 0.1) is 13.0 Å². The summed E-state index contributed by atoms with van der Waals surface area (Å²) in [5.41, 5.74) is 10.9. The van der Waals surface area contributed by atoms with Crippen LogP contribution < -0.4 is 5.32 Å². The molecule has 6 bridgehead atoms. The monoisotopic (exact) mass is 602 g/mol. The zero-order chi connectivity index (χ0) is 30.4. The number of hydrogen-bond donors (Lipinski definition) is 3. The summed E-state index contributed by atoms with van der Waals surface area (Å²) in [6, 6.07) is 16.7. The number of rotatable bonds is 3. The molecule has 4 fully saturated rings. The predicted octanol–water partition coefficient (Wildman–Crippen LogP) is 6.81. The smallest absolute Gasteiger partial charge is 0.310 e. The van der Waals surface area contributed by atoms with Crippen molar-refractivity contribution in [3.05, 3.63) is 82.2 Å². The van der Waals surface area contributed by atoms with E-state index in [9.17, 15) is 4.79 Å². The summed E-state index contributed by atoms with van der Waals surface area (Å²) in [6.07, 6.45) is 9.10. The van der Waals surface area contributed by atoms with Crippen LogP contribution in [0.1, 0.15) is 79.4 Å². The number of carbonyl (C=O) groups is 1. The summed E-state index contributed by atoms with van der Waals surface area (Å²) in [4.78, 5) is 24.3. The van der Waals surface area contributed by atoms with Crippen LogP contribution in [0, 0.1) is 23.7 Å². The van der Waals surface area contributed by atoms with Gasteiger partial charge >= 0.3 is 5.97 Å². The molecule has 2 aliphatic carbocycles. The van der Waals surface area contributed by atoms with Gasteiger partial charge in [0.25, 0.3) is 0 Å². The van der Waals surface area contributed by atoms with Crippen molar-refractivity contribution < 1.29 is 9.53 Å². The number of hydrogen-bond acceptors (Lipinski definition) is 4. The Bertz CT molecular complexity index is 1830. The molecule has 45 heavy (non-hydrogen) atoms. The van der Waals surface area contributed by atoms with Crippen LogP contribution in [0.3, 0.4) is 0 Å². The van der Waals surface area contributed by atoms with Gasteiger partial charge in [-0.3, -0.25) is 9.69 Å². The summed E-state index contributed by atoms with van der Waals surface area (Å²) in [6.45, 7) is 7.84. The SMILES string of the molecule is C/C=C1/CNC2Cc3c([nH]c4ccccc34)C(c3ccc4c5c([nH]c4c3)C3CC4CC(CC)C3N(CC5)C4)CC1C2C(=O)OC. The van der Waals surface area contributed by atoms with Crippen LogP contribution in [-0.4, -0.2) is 59.7 Å². The molecule has 6 nitrogen and oxygen atoms in total. The summed E-state index contributed by atoms with van der Waals surface area (Å²) in [5.74, 6) is 2.26. The van der Waals surface area contributed by atoms with Gasteiger partial charge in [0.1, 0.15) is 0 Å².